The summed E-state index contributed by atoms with van der Waals surface area (Å²) in [5, 5.41) is 12.9. The van der Waals surface area contributed by atoms with Crippen LogP contribution in [0.5, 0.6) is 5.75 Å². The average Bonchev–Trinajstić information content (AvgIpc) is 2.56. The number of benzene rings is 2. The molecule has 7 heteroatoms. The third-order valence-electron chi connectivity index (χ3n) is 3.65. The van der Waals surface area contributed by atoms with E-state index in [1.54, 1.807) is 11.9 Å². The zero-order chi connectivity index (χ0) is 19.1. The number of ether oxygens (including phenoxy) is 1. The van der Waals surface area contributed by atoms with Gasteiger partial charge in [0, 0.05) is 16.7 Å². The number of aryl methyl sites for hydroxylation is 1. The third-order valence-corrected chi connectivity index (χ3v) is 4.15. The molecule has 140 valence electrons. The van der Waals surface area contributed by atoms with Crippen molar-refractivity contribution in [3.8, 4) is 5.75 Å². The number of carbonyl (C=O) groups is 1. The number of nitrogens with one attached hydrogen (secondary N) is 1. The van der Waals surface area contributed by atoms with Crippen LogP contribution in [0.3, 0.4) is 0 Å². The number of aliphatic hydroxyl groups is 1. The largest absolute Gasteiger partial charge is 0.491 e. The molecule has 0 aliphatic heterocycles. The molecular weight excluding hydrogens is 403 g/mol. The second-order valence-corrected chi connectivity index (χ2v) is 7.04. The van der Waals surface area contributed by atoms with E-state index in [1.807, 2.05) is 25.1 Å². The van der Waals surface area contributed by atoms with Crippen molar-refractivity contribution in [3.63, 3.8) is 0 Å². The van der Waals surface area contributed by atoms with Crippen LogP contribution in [0.25, 0.3) is 0 Å². The van der Waals surface area contributed by atoms with Gasteiger partial charge in [-0.25, -0.2) is 4.39 Å². The van der Waals surface area contributed by atoms with Gasteiger partial charge in [-0.05, 0) is 62.0 Å². The van der Waals surface area contributed by atoms with Crippen molar-refractivity contribution in [1.29, 1.82) is 0 Å². The molecule has 2 N–H and O–H groups in total. The summed E-state index contributed by atoms with van der Waals surface area (Å²) in [6, 6.07) is 11.2. The Kier molecular flexibility index (Phi) is 7.56. The van der Waals surface area contributed by atoms with Crippen LogP contribution in [0.4, 0.5) is 10.1 Å². The summed E-state index contributed by atoms with van der Waals surface area (Å²) in [6.07, 6.45) is -0.771. The maximum absolute atomic E-state index is 12.8. The zero-order valence-electron chi connectivity index (χ0n) is 14.7. The molecule has 5 nitrogen and oxygen atoms in total. The van der Waals surface area contributed by atoms with Crippen LogP contribution in [0, 0.1) is 12.7 Å². The van der Waals surface area contributed by atoms with Crippen molar-refractivity contribution in [2.75, 3.05) is 32.1 Å². The van der Waals surface area contributed by atoms with E-state index >= 15 is 0 Å². The number of carbonyl (C=O) groups excluding carboxylic acids is 1. The van der Waals surface area contributed by atoms with Gasteiger partial charge in [0.1, 0.15) is 24.3 Å². The first kappa shape index (κ1) is 20.4. The Morgan fingerprint density at radius 2 is 2.00 bits per heavy atom. The van der Waals surface area contributed by atoms with Crippen LogP contribution in [0.2, 0.25) is 0 Å². The number of amides is 1. The van der Waals surface area contributed by atoms with Crippen LogP contribution in [0.1, 0.15) is 5.56 Å². The van der Waals surface area contributed by atoms with E-state index in [-0.39, 0.29) is 31.4 Å². The SMILES string of the molecule is Cc1cc(Br)ccc1NC(=O)CN(C)CC(O)COc1ccc(F)cc1. The lowest BCUT2D eigenvalue weighted by Crippen LogP contribution is -2.37. The van der Waals surface area contributed by atoms with Gasteiger partial charge in [0.2, 0.25) is 5.91 Å². The topological polar surface area (TPSA) is 61.8 Å². The molecular formula is C19H22BrFN2O3. The average molecular weight is 425 g/mol. The standard InChI is InChI=1S/C19H22BrFN2O3/c1-13-9-14(20)3-8-18(13)22-19(25)11-23(2)10-16(24)12-26-17-6-4-15(21)5-7-17/h3-9,16,24H,10-12H2,1-2H3,(H,22,25). The Hall–Kier alpha value is -1.96. The molecule has 0 fully saturated rings. The molecule has 2 aromatic carbocycles. The fraction of sp³-hybridized carbons (Fsp3) is 0.316. The van der Waals surface area contributed by atoms with E-state index in [2.05, 4.69) is 21.2 Å². The van der Waals surface area contributed by atoms with Crippen molar-refractivity contribution in [1.82, 2.24) is 4.90 Å². The Labute approximate surface area is 160 Å². The number of aliphatic hydroxyl groups excluding tert-OH is 1. The van der Waals surface area contributed by atoms with Gasteiger partial charge in [0.05, 0.1) is 6.54 Å². The lowest BCUT2D eigenvalue weighted by molar-refractivity contribution is -0.117. The van der Waals surface area contributed by atoms with Crippen molar-refractivity contribution >= 4 is 27.5 Å². The highest BCUT2D eigenvalue weighted by atomic mass is 79.9. The van der Waals surface area contributed by atoms with Gasteiger partial charge >= 0.3 is 0 Å². The fourth-order valence-corrected chi connectivity index (χ4v) is 2.88. The Bertz CT molecular complexity index is 740. The molecule has 1 unspecified atom stereocenters. The number of rotatable bonds is 8. The predicted molar refractivity (Wildman–Crippen MR) is 103 cm³/mol. The van der Waals surface area contributed by atoms with E-state index < -0.39 is 6.10 Å². The third kappa shape index (κ3) is 6.74. The van der Waals surface area contributed by atoms with Crippen LogP contribution >= 0.6 is 15.9 Å². The van der Waals surface area contributed by atoms with Crippen LogP contribution < -0.4 is 10.1 Å². The molecule has 0 aliphatic carbocycles. The molecule has 0 spiro atoms. The molecule has 0 bridgehead atoms. The molecule has 0 saturated heterocycles. The van der Waals surface area contributed by atoms with Crippen LogP contribution in [-0.4, -0.2) is 48.8 Å². The minimum atomic E-state index is -0.771. The van der Waals surface area contributed by atoms with Gasteiger partial charge in [0.15, 0.2) is 0 Å². The van der Waals surface area contributed by atoms with E-state index in [9.17, 15) is 14.3 Å². The predicted octanol–water partition coefficient (Wildman–Crippen LogP) is 3.21. The van der Waals surface area contributed by atoms with Crippen molar-refractivity contribution in [2.45, 2.75) is 13.0 Å². The van der Waals surface area contributed by atoms with E-state index in [1.165, 1.54) is 24.3 Å². The quantitative estimate of drug-likeness (QED) is 0.682. The molecule has 2 rings (SSSR count). The normalized spacial score (nSPS) is 12.1. The summed E-state index contributed by atoms with van der Waals surface area (Å²) >= 11 is 3.39. The number of nitrogens with zero attached hydrogens (tertiary/aromatic N) is 1. The molecule has 0 aromatic heterocycles. The molecule has 0 aliphatic rings. The highest BCUT2D eigenvalue weighted by Crippen LogP contribution is 2.20. The molecule has 0 radical (unpaired) electrons. The summed E-state index contributed by atoms with van der Waals surface area (Å²) in [6.45, 7) is 2.39. The highest BCUT2D eigenvalue weighted by molar-refractivity contribution is 9.10. The van der Waals surface area contributed by atoms with Gasteiger partial charge in [-0.15, -0.1) is 0 Å². The maximum Gasteiger partial charge on any atom is 0.238 e. The van der Waals surface area contributed by atoms with Gasteiger partial charge in [-0.1, -0.05) is 15.9 Å². The van der Waals surface area contributed by atoms with Crippen molar-refractivity contribution in [2.24, 2.45) is 0 Å². The minimum Gasteiger partial charge on any atom is -0.491 e. The van der Waals surface area contributed by atoms with Crippen LogP contribution in [0.15, 0.2) is 46.9 Å². The minimum absolute atomic E-state index is 0.0589. The van der Waals surface area contributed by atoms with E-state index in [0.717, 1.165) is 15.7 Å². The fourth-order valence-electron chi connectivity index (χ4n) is 2.40. The van der Waals surface area contributed by atoms with E-state index in [4.69, 9.17) is 4.74 Å². The van der Waals surface area contributed by atoms with Crippen molar-refractivity contribution < 1.29 is 19.0 Å². The van der Waals surface area contributed by atoms with Gasteiger partial charge in [0.25, 0.3) is 0 Å². The molecule has 26 heavy (non-hydrogen) atoms. The van der Waals surface area contributed by atoms with E-state index in [0.29, 0.717) is 5.75 Å². The summed E-state index contributed by atoms with van der Waals surface area (Å²) in [7, 11) is 1.75. The van der Waals surface area contributed by atoms with Crippen LogP contribution in [-0.2, 0) is 4.79 Å². The second kappa shape index (κ2) is 9.66. The molecule has 0 heterocycles. The van der Waals surface area contributed by atoms with Crippen molar-refractivity contribution in [3.05, 3.63) is 58.3 Å². The van der Waals surface area contributed by atoms with Gasteiger partial charge < -0.3 is 15.2 Å². The number of likely N-dealkylation sites (N-methyl/N-ethyl adjacent to an activating group) is 1. The molecule has 1 atom stereocenters. The lowest BCUT2D eigenvalue weighted by Gasteiger charge is -2.20. The smallest absolute Gasteiger partial charge is 0.238 e. The van der Waals surface area contributed by atoms with Gasteiger partial charge in [-0.3, -0.25) is 9.69 Å². The van der Waals surface area contributed by atoms with Gasteiger partial charge in [-0.2, -0.15) is 0 Å². The maximum atomic E-state index is 12.8. The lowest BCUT2D eigenvalue weighted by atomic mass is 10.2. The number of halogens is 2. The molecule has 2 aromatic rings. The first-order valence-electron chi connectivity index (χ1n) is 8.14. The monoisotopic (exact) mass is 424 g/mol. The summed E-state index contributed by atoms with van der Waals surface area (Å²) in [4.78, 5) is 13.9. The number of anilines is 1. The zero-order valence-corrected chi connectivity index (χ0v) is 16.3. The molecule has 0 saturated carbocycles. The number of hydrogen-bond acceptors (Lipinski definition) is 4. The first-order valence-corrected chi connectivity index (χ1v) is 8.94. The first-order chi connectivity index (χ1) is 12.3. The number of hydrogen-bond donors (Lipinski definition) is 2. The highest BCUT2D eigenvalue weighted by Gasteiger charge is 2.13. The second-order valence-electron chi connectivity index (χ2n) is 6.12. The Balaban J connectivity index is 1.75. The summed E-state index contributed by atoms with van der Waals surface area (Å²) in [5.74, 6) is -0.0224. The summed E-state index contributed by atoms with van der Waals surface area (Å²) in [5.41, 5.74) is 1.72. The summed E-state index contributed by atoms with van der Waals surface area (Å²) < 4.78 is 19.2. The Morgan fingerprint density at radius 1 is 1.31 bits per heavy atom. The molecule has 1 amide bonds. The Morgan fingerprint density at radius 3 is 2.65 bits per heavy atom.